The molecule has 2 saturated heterocycles. The maximum absolute atomic E-state index is 14.6. The standard InChI is InChI=1S/C39H29BrCl2FN3O6/c1-52-30-18-20(40)17-28(33(30)47)32-26-15-16-27-31(35(49)45(34(27)48)24-13-9-23(10-14-24)44-22-5-3-2-4-6-22)29(26)19-38(41)36(50)46(37(51)39(32,38)42)25-11-7-21(43)8-12-25/h2-15,17-18,27,29,31-32,44,47H,16,19H2,1H3. The van der Waals surface area contributed by atoms with Crippen LogP contribution < -0.4 is 19.9 Å². The number of methoxy groups -OCH3 is 1. The van der Waals surface area contributed by atoms with Gasteiger partial charge in [-0.1, -0.05) is 45.8 Å². The lowest BCUT2D eigenvalue weighted by atomic mass is 9.56. The number of carbonyl (C=O) groups excluding carboxylic acids is 4. The third-order valence-electron chi connectivity index (χ3n) is 10.7. The number of benzene rings is 4. The summed E-state index contributed by atoms with van der Waals surface area (Å²) in [5, 5.41) is 14.9. The number of amides is 4. The van der Waals surface area contributed by atoms with Gasteiger partial charge in [0.25, 0.3) is 11.8 Å². The molecule has 4 aliphatic rings. The Balaban J connectivity index is 1.23. The van der Waals surface area contributed by atoms with E-state index in [9.17, 15) is 28.7 Å². The van der Waals surface area contributed by atoms with Crippen molar-refractivity contribution in [2.45, 2.75) is 28.5 Å². The normalized spacial score (nSPS) is 28.0. The Morgan fingerprint density at radius 3 is 2.15 bits per heavy atom. The highest BCUT2D eigenvalue weighted by atomic mass is 79.9. The van der Waals surface area contributed by atoms with Crippen molar-refractivity contribution in [2.24, 2.45) is 17.8 Å². The molecule has 4 aromatic rings. The summed E-state index contributed by atoms with van der Waals surface area (Å²) in [6.07, 6.45) is 1.66. The molecule has 6 unspecified atom stereocenters. The number of halogens is 4. The van der Waals surface area contributed by atoms with Gasteiger partial charge in [-0.2, -0.15) is 0 Å². The average molecular weight is 805 g/mol. The van der Waals surface area contributed by atoms with Crippen LogP contribution in [0.2, 0.25) is 0 Å². The van der Waals surface area contributed by atoms with Gasteiger partial charge >= 0.3 is 0 Å². The summed E-state index contributed by atoms with van der Waals surface area (Å²) in [6.45, 7) is 0. The number of alkyl halides is 2. The molecule has 0 bridgehead atoms. The minimum absolute atomic E-state index is 0.0546. The Morgan fingerprint density at radius 1 is 0.846 bits per heavy atom. The highest BCUT2D eigenvalue weighted by Crippen LogP contribution is 2.67. The number of hydrogen-bond donors (Lipinski definition) is 2. The van der Waals surface area contributed by atoms with Gasteiger partial charge in [-0.15, -0.1) is 23.2 Å². The zero-order chi connectivity index (χ0) is 36.7. The molecule has 0 aromatic heterocycles. The number of aromatic hydroxyl groups is 1. The van der Waals surface area contributed by atoms with Crippen molar-refractivity contribution in [3.63, 3.8) is 0 Å². The molecule has 13 heteroatoms. The number of phenols is 1. The highest BCUT2D eigenvalue weighted by molar-refractivity contribution is 9.10. The zero-order valence-corrected chi connectivity index (χ0v) is 30.5. The molecule has 2 aliphatic carbocycles. The number of imide groups is 2. The maximum atomic E-state index is 14.6. The molecule has 8 rings (SSSR count). The Kier molecular flexibility index (Phi) is 8.24. The number of ether oxygens (including phenoxy) is 1. The molecule has 2 aliphatic heterocycles. The number of phenolic OH excluding ortho intramolecular Hbond substituents is 1. The average Bonchev–Trinajstić information content (AvgIpc) is 3.48. The molecule has 4 amide bonds. The lowest BCUT2D eigenvalue weighted by Crippen LogP contribution is -2.60. The molecule has 3 fully saturated rings. The molecule has 4 aromatic carbocycles. The van der Waals surface area contributed by atoms with Gasteiger partial charge in [0, 0.05) is 27.3 Å². The van der Waals surface area contributed by atoms with E-state index in [1.807, 2.05) is 30.3 Å². The monoisotopic (exact) mass is 803 g/mol. The van der Waals surface area contributed by atoms with Crippen LogP contribution in [0.4, 0.5) is 27.1 Å². The maximum Gasteiger partial charge on any atom is 0.258 e. The number of fused-ring (bicyclic) bond motifs is 4. The molecule has 0 spiro atoms. The van der Waals surface area contributed by atoms with Crippen molar-refractivity contribution in [2.75, 3.05) is 22.2 Å². The number of nitrogens with one attached hydrogen (secondary N) is 1. The molecule has 2 N–H and O–H groups in total. The molecule has 264 valence electrons. The van der Waals surface area contributed by atoms with Crippen molar-refractivity contribution in [3.8, 4) is 11.5 Å². The van der Waals surface area contributed by atoms with Gasteiger partial charge in [0.1, 0.15) is 5.82 Å². The van der Waals surface area contributed by atoms with Crippen LogP contribution in [0.15, 0.2) is 107 Å². The summed E-state index contributed by atoms with van der Waals surface area (Å²) < 4.78 is 19.9. The predicted octanol–water partition coefficient (Wildman–Crippen LogP) is 7.81. The van der Waals surface area contributed by atoms with Crippen LogP contribution in [0.1, 0.15) is 24.3 Å². The quantitative estimate of drug-likeness (QED) is 0.116. The number of hydrogen-bond acceptors (Lipinski definition) is 7. The van der Waals surface area contributed by atoms with Crippen LogP contribution in [-0.4, -0.2) is 45.6 Å². The fourth-order valence-electron chi connectivity index (χ4n) is 8.35. The fourth-order valence-corrected chi connectivity index (χ4v) is 9.73. The van der Waals surface area contributed by atoms with Crippen LogP contribution >= 0.6 is 39.1 Å². The molecule has 1 saturated carbocycles. The number of anilines is 4. The summed E-state index contributed by atoms with van der Waals surface area (Å²) >= 11 is 18.3. The Labute approximate surface area is 316 Å². The van der Waals surface area contributed by atoms with Crippen LogP contribution in [-0.2, 0) is 19.2 Å². The van der Waals surface area contributed by atoms with Gasteiger partial charge in [0.05, 0.1) is 30.3 Å². The summed E-state index contributed by atoms with van der Waals surface area (Å²) in [7, 11) is 1.36. The van der Waals surface area contributed by atoms with Crippen LogP contribution in [0.3, 0.4) is 0 Å². The summed E-state index contributed by atoms with van der Waals surface area (Å²) in [5.41, 5.74) is 2.70. The van der Waals surface area contributed by atoms with Crippen molar-refractivity contribution in [3.05, 3.63) is 118 Å². The van der Waals surface area contributed by atoms with Crippen molar-refractivity contribution >= 4 is 85.5 Å². The second-order valence-electron chi connectivity index (χ2n) is 13.3. The van der Waals surface area contributed by atoms with Crippen LogP contribution in [0, 0.1) is 23.6 Å². The first kappa shape index (κ1) is 34.4. The van der Waals surface area contributed by atoms with Crippen LogP contribution in [0.25, 0.3) is 0 Å². The first-order valence-corrected chi connectivity index (χ1v) is 18.0. The summed E-state index contributed by atoms with van der Waals surface area (Å²) in [6, 6.07) is 24.3. The largest absolute Gasteiger partial charge is 0.504 e. The molecular formula is C39H29BrCl2FN3O6. The van der Waals surface area contributed by atoms with Crippen molar-refractivity contribution < 1.29 is 33.4 Å². The van der Waals surface area contributed by atoms with Gasteiger partial charge in [-0.05, 0) is 91.6 Å². The third kappa shape index (κ3) is 4.93. The van der Waals surface area contributed by atoms with Gasteiger partial charge in [0.2, 0.25) is 11.8 Å². The molecule has 0 radical (unpaired) electrons. The van der Waals surface area contributed by atoms with Crippen molar-refractivity contribution in [1.29, 1.82) is 0 Å². The van der Waals surface area contributed by atoms with E-state index < -0.39 is 62.9 Å². The van der Waals surface area contributed by atoms with Crippen LogP contribution in [0.5, 0.6) is 11.5 Å². The third-order valence-corrected chi connectivity index (χ3v) is 12.6. The first-order valence-electron chi connectivity index (χ1n) is 16.5. The zero-order valence-electron chi connectivity index (χ0n) is 27.4. The van der Waals surface area contributed by atoms with E-state index in [1.54, 1.807) is 36.4 Å². The first-order chi connectivity index (χ1) is 24.9. The number of para-hydroxylation sites is 1. The van der Waals surface area contributed by atoms with E-state index in [2.05, 4.69) is 21.2 Å². The fraction of sp³-hybridized carbons (Fsp3) is 0.231. The summed E-state index contributed by atoms with van der Waals surface area (Å²) in [4.78, 5) is 55.3. The van der Waals surface area contributed by atoms with E-state index in [1.165, 1.54) is 30.2 Å². The second kappa shape index (κ2) is 12.5. The van der Waals surface area contributed by atoms with E-state index in [0.717, 1.165) is 28.4 Å². The molecular weight excluding hydrogens is 776 g/mol. The molecule has 2 heterocycles. The Hall–Kier alpha value is -4.71. The van der Waals surface area contributed by atoms with Gasteiger partial charge in [-0.3, -0.25) is 24.1 Å². The topological polar surface area (TPSA) is 116 Å². The van der Waals surface area contributed by atoms with Gasteiger partial charge in [0.15, 0.2) is 21.2 Å². The Bertz CT molecular complexity index is 2200. The smallest absolute Gasteiger partial charge is 0.258 e. The second-order valence-corrected chi connectivity index (χ2v) is 15.5. The van der Waals surface area contributed by atoms with E-state index in [-0.39, 0.29) is 35.6 Å². The van der Waals surface area contributed by atoms with E-state index in [4.69, 9.17) is 27.9 Å². The lowest BCUT2D eigenvalue weighted by Gasteiger charge is -2.50. The minimum Gasteiger partial charge on any atom is -0.504 e. The lowest BCUT2D eigenvalue weighted by molar-refractivity contribution is -0.125. The minimum atomic E-state index is -2.22. The number of carbonyl (C=O) groups is 4. The Morgan fingerprint density at radius 2 is 1.48 bits per heavy atom. The van der Waals surface area contributed by atoms with Crippen molar-refractivity contribution in [1.82, 2.24) is 0 Å². The SMILES string of the molecule is COc1cc(Br)cc(C2C3=CCC4C(=O)N(c5ccc(Nc6ccccc6)cc5)C(=O)C4C3CC3(Cl)C(=O)N(c4ccc(F)cc4)C(=O)C23Cl)c1O. The predicted molar refractivity (Wildman–Crippen MR) is 198 cm³/mol. The van der Waals surface area contributed by atoms with Gasteiger partial charge in [-0.25, -0.2) is 9.29 Å². The number of rotatable bonds is 6. The number of nitrogens with zero attached hydrogens (tertiary/aromatic N) is 2. The number of allylic oxidation sites excluding steroid dienone is 2. The van der Waals surface area contributed by atoms with E-state index in [0.29, 0.717) is 15.7 Å². The molecule has 9 nitrogen and oxygen atoms in total. The summed E-state index contributed by atoms with van der Waals surface area (Å²) in [5.74, 6) is -7.26. The van der Waals surface area contributed by atoms with Gasteiger partial charge < -0.3 is 15.2 Å². The highest BCUT2D eigenvalue weighted by Gasteiger charge is 2.77. The molecule has 6 atom stereocenters. The molecule has 52 heavy (non-hydrogen) atoms. The van der Waals surface area contributed by atoms with E-state index >= 15 is 0 Å².